The molecule has 2 rings (SSSR count). The maximum Gasteiger partial charge on any atom is 0.338 e. The van der Waals surface area contributed by atoms with Gasteiger partial charge in [-0.2, -0.15) is 0 Å². The number of H-pyrrole nitrogens is 1. The van der Waals surface area contributed by atoms with Gasteiger partial charge < -0.3 is 14.5 Å². The number of ether oxygens (including phenoxy) is 2. The number of carbonyl (C=O) groups is 3. The van der Waals surface area contributed by atoms with Crippen LogP contribution in [0.5, 0.6) is 5.75 Å². The summed E-state index contributed by atoms with van der Waals surface area (Å²) in [7, 11) is 1.31. The highest BCUT2D eigenvalue weighted by Crippen LogP contribution is 2.20. The van der Waals surface area contributed by atoms with Crippen LogP contribution in [0.2, 0.25) is 0 Å². The molecule has 25 heavy (non-hydrogen) atoms. The Kier molecular flexibility index (Phi) is 5.36. The zero-order valence-corrected chi connectivity index (χ0v) is 14.4. The highest BCUT2D eigenvalue weighted by molar-refractivity contribution is 6.04. The third-order valence-corrected chi connectivity index (χ3v) is 3.79. The van der Waals surface area contributed by atoms with E-state index in [2.05, 4.69) is 4.98 Å². The predicted molar refractivity (Wildman–Crippen MR) is 87.8 cm³/mol. The molecule has 0 fully saturated rings. The summed E-state index contributed by atoms with van der Waals surface area (Å²) in [5.74, 6) is -2.17. The van der Waals surface area contributed by atoms with Crippen LogP contribution >= 0.6 is 0 Å². The normalized spacial score (nSPS) is 10.4. The highest BCUT2D eigenvalue weighted by Gasteiger charge is 2.21. The van der Waals surface area contributed by atoms with Crippen molar-refractivity contribution in [2.75, 3.05) is 13.7 Å². The molecule has 1 heterocycles. The Bertz CT molecular complexity index is 853. The summed E-state index contributed by atoms with van der Waals surface area (Å²) in [4.78, 5) is 38.6. The maximum absolute atomic E-state index is 13.6. The van der Waals surface area contributed by atoms with Crippen molar-refractivity contribution in [1.82, 2.24) is 4.98 Å². The van der Waals surface area contributed by atoms with Crippen molar-refractivity contribution in [3.05, 3.63) is 52.1 Å². The van der Waals surface area contributed by atoms with Crippen LogP contribution < -0.4 is 4.74 Å². The number of ketones is 2. The third-order valence-electron chi connectivity index (χ3n) is 3.79. The fraction of sp³-hybridized carbons (Fsp3) is 0.278. The number of aromatic nitrogens is 1. The summed E-state index contributed by atoms with van der Waals surface area (Å²) in [6, 6.07) is 3.61. The molecule has 1 aromatic heterocycles. The van der Waals surface area contributed by atoms with Gasteiger partial charge in [0.1, 0.15) is 0 Å². The van der Waals surface area contributed by atoms with E-state index in [1.54, 1.807) is 13.8 Å². The smallest absolute Gasteiger partial charge is 0.338 e. The molecular formula is C18H18FNO5. The molecule has 132 valence electrons. The van der Waals surface area contributed by atoms with Crippen molar-refractivity contribution in [3.63, 3.8) is 0 Å². The van der Waals surface area contributed by atoms with Crippen molar-refractivity contribution in [2.24, 2.45) is 0 Å². The quantitative estimate of drug-likeness (QED) is 0.641. The fourth-order valence-corrected chi connectivity index (χ4v) is 2.64. The summed E-state index contributed by atoms with van der Waals surface area (Å²) in [6.07, 6.45) is 0. The molecule has 0 amide bonds. The van der Waals surface area contributed by atoms with Gasteiger partial charge in [0.05, 0.1) is 18.4 Å². The second-order valence-corrected chi connectivity index (χ2v) is 5.53. The van der Waals surface area contributed by atoms with Crippen LogP contribution in [0.25, 0.3) is 0 Å². The number of halogens is 1. The summed E-state index contributed by atoms with van der Waals surface area (Å²) < 4.78 is 23.3. The van der Waals surface area contributed by atoms with Gasteiger partial charge in [0.2, 0.25) is 5.78 Å². The lowest BCUT2D eigenvalue weighted by Gasteiger charge is -2.06. The molecule has 0 saturated heterocycles. The van der Waals surface area contributed by atoms with Crippen molar-refractivity contribution < 1.29 is 28.2 Å². The molecule has 1 aromatic carbocycles. The molecule has 7 heteroatoms. The SMILES string of the molecule is COc1ccc(C(=O)OCC(=O)c2[nH]c(C)c(C(C)=O)c2C)cc1F. The minimum absolute atomic E-state index is 0.00174. The zero-order valence-electron chi connectivity index (χ0n) is 14.4. The van der Waals surface area contributed by atoms with Crippen molar-refractivity contribution in [1.29, 1.82) is 0 Å². The van der Waals surface area contributed by atoms with Gasteiger partial charge in [-0.25, -0.2) is 9.18 Å². The predicted octanol–water partition coefficient (Wildman–Crippen LogP) is 3.02. The minimum atomic E-state index is -0.831. The number of rotatable bonds is 6. The van der Waals surface area contributed by atoms with Gasteiger partial charge in [-0.1, -0.05) is 0 Å². The number of Topliss-reactive ketones (excluding diaryl/α,β-unsaturated/α-hetero) is 2. The number of methoxy groups -OCH3 is 1. The minimum Gasteiger partial charge on any atom is -0.494 e. The number of benzene rings is 1. The summed E-state index contributed by atoms with van der Waals surface area (Å²) >= 11 is 0. The number of hydrogen-bond donors (Lipinski definition) is 1. The molecule has 0 aliphatic heterocycles. The van der Waals surface area contributed by atoms with Crippen LogP contribution in [0.3, 0.4) is 0 Å². The zero-order chi connectivity index (χ0) is 18.7. The number of nitrogens with one attached hydrogen (secondary N) is 1. The number of aryl methyl sites for hydroxylation is 1. The monoisotopic (exact) mass is 347 g/mol. The molecule has 0 unspecified atom stereocenters. The highest BCUT2D eigenvalue weighted by atomic mass is 19.1. The van der Waals surface area contributed by atoms with Gasteiger partial charge in [0.15, 0.2) is 24.0 Å². The van der Waals surface area contributed by atoms with E-state index < -0.39 is 24.2 Å². The van der Waals surface area contributed by atoms with E-state index in [-0.39, 0.29) is 22.8 Å². The van der Waals surface area contributed by atoms with Crippen molar-refractivity contribution in [2.45, 2.75) is 20.8 Å². The van der Waals surface area contributed by atoms with E-state index in [4.69, 9.17) is 9.47 Å². The molecule has 2 aromatic rings. The van der Waals surface area contributed by atoms with Crippen molar-refractivity contribution in [3.8, 4) is 5.75 Å². The lowest BCUT2D eigenvalue weighted by atomic mass is 10.1. The van der Waals surface area contributed by atoms with E-state index in [1.807, 2.05) is 0 Å². The summed E-state index contributed by atoms with van der Waals surface area (Å²) in [5, 5.41) is 0. The Hall–Kier alpha value is -2.96. The largest absolute Gasteiger partial charge is 0.494 e. The maximum atomic E-state index is 13.6. The molecule has 1 N–H and O–H groups in total. The van der Waals surface area contributed by atoms with E-state index in [9.17, 15) is 18.8 Å². The van der Waals surface area contributed by atoms with Crippen LogP contribution in [0.15, 0.2) is 18.2 Å². The molecule has 0 saturated carbocycles. The lowest BCUT2D eigenvalue weighted by Crippen LogP contribution is -2.15. The van der Waals surface area contributed by atoms with E-state index in [0.29, 0.717) is 16.8 Å². The van der Waals surface area contributed by atoms with Gasteiger partial charge >= 0.3 is 5.97 Å². The number of hydrogen-bond acceptors (Lipinski definition) is 5. The van der Waals surface area contributed by atoms with Gasteiger partial charge in [0.25, 0.3) is 0 Å². The van der Waals surface area contributed by atoms with Crippen molar-refractivity contribution >= 4 is 17.5 Å². The van der Waals surface area contributed by atoms with E-state index in [1.165, 1.54) is 26.2 Å². The first-order valence-electron chi connectivity index (χ1n) is 7.50. The topological polar surface area (TPSA) is 85.5 Å². The standard InChI is InChI=1S/C18H18FNO5/c1-9-16(11(3)21)10(2)20-17(9)14(22)8-25-18(23)12-5-6-15(24-4)13(19)7-12/h5-7,20H,8H2,1-4H3. The Labute approximate surface area is 143 Å². The average molecular weight is 347 g/mol. The first kappa shape index (κ1) is 18.4. The third kappa shape index (κ3) is 3.76. The summed E-state index contributed by atoms with van der Waals surface area (Å²) in [5.41, 5.74) is 1.73. The Morgan fingerprint density at radius 2 is 1.88 bits per heavy atom. The van der Waals surface area contributed by atoms with Gasteiger partial charge in [-0.05, 0) is 44.5 Å². The fourth-order valence-electron chi connectivity index (χ4n) is 2.64. The van der Waals surface area contributed by atoms with Crippen LogP contribution in [-0.4, -0.2) is 36.2 Å². The van der Waals surface area contributed by atoms with Gasteiger partial charge in [0, 0.05) is 11.3 Å². The average Bonchev–Trinajstić information content (AvgIpc) is 2.86. The Morgan fingerprint density at radius 1 is 1.20 bits per heavy atom. The van der Waals surface area contributed by atoms with Gasteiger partial charge in [-0.15, -0.1) is 0 Å². The number of carbonyl (C=O) groups excluding carboxylic acids is 3. The van der Waals surface area contributed by atoms with Crippen LogP contribution in [0, 0.1) is 19.7 Å². The molecule has 0 aliphatic carbocycles. The second kappa shape index (κ2) is 7.29. The number of aromatic amines is 1. The van der Waals surface area contributed by atoms with Crippen LogP contribution in [0.4, 0.5) is 4.39 Å². The second-order valence-electron chi connectivity index (χ2n) is 5.53. The van der Waals surface area contributed by atoms with E-state index >= 15 is 0 Å². The molecule has 0 bridgehead atoms. The van der Waals surface area contributed by atoms with Gasteiger partial charge in [-0.3, -0.25) is 9.59 Å². The Balaban J connectivity index is 2.10. The molecule has 0 spiro atoms. The molecule has 6 nitrogen and oxygen atoms in total. The first-order valence-corrected chi connectivity index (χ1v) is 7.50. The van der Waals surface area contributed by atoms with Crippen LogP contribution in [-0.2, 0) is 4.74 Å². The number of esters is 1. The molecular weight excluding hydrogens is 329 g/mol. The Morgan fingerprint density at radius 3 is 2.40 bits per heavy atom. The molecule has 0 radical (unpaired) electrons. The molecule has 0 aliphatic rings. The van der Waals surface area contributed by atoms with Crippen LogP contribution in [0.1, 0.15) is 49.4 Å². The lowest BCUT2D eigenvalue weighted by molar-refractivity contribution is 0.0473. The summed E-state index contributed by atoms with van der Waals surface area (Å²) in [6.45, 7) is 4.22. The molecule has 0 atom stereocenters. The first-order chi connectivity index (χ1) is 11.8. The van der Waals surface area contributed by atoms with E-state index in [0.717, 1.165) is 6.07 Å².